The molecule has 1 aliphatic heterocycles. The topological polar surface area (TPSA) is 92.6 Å². The minimum absolute atomic E-state index is 0.125. The molecule has 0 saturated heterocycles. The second-order valence-electron chi connectivity index (χ2n) is 8.06. The van der Waals surface area contributed by atoms with Crippen LogP contribution in [0, 0.1) is 0 Å². The first-order chi connectivity index (χ1) is 16.0. The van der Waals surface area contributed by atoms with Gasteiger partial charge < -0.3 is 14.6 Å². The molecule has 8 nitrogen and oxygen atoms in total. The second-order valence-corrected chi connectivity index (χ2v) is 8.97. The molecule has 2 aliphatic rings. The molecule has 0 radical (unpaired) electrons. The second kappa shape index (κ2) is 7.50. The fourth-order valence-electron chi connectivity index (χ4n) is 4.48. The zero-order valence-corrected chi connectivity index (χ0v) is 19.2. The van der Waals surface area contributed by atoms with Crippen molar-refractivity contribution in [3.05, 3.63) is 85.9 Å². The van der Waals surface area contributed by atoms with Crippen LogP contribution < -0.4 is 10.5 Å². The first kappa shape index (κ1) is 20.1. The molecular weight excluding hydrogens is 486 g/mol. The number of carbonyl (C=O) groups excluding carboxylic acids is 1. The van der Waals surface area contributed by atoms with E-state index in [2.05, 4.69) is 31.1 Å². The summed E-state index contributed by atoms with van der Waals surface area (Å²) in [6.45, 7) is 0.847. The number of hydrogen-bond donors (Lipinski definition) is 1. The fraction of sp³-hybridized carbons (Fsp3) is 0.167. The highest BCUT2D eigenvalue weighted by Crippen LogP contribution is 2.33. The molecule has 0 saturated carbocycles. The predicted molar refractivity (Wildman–Crippen MR) is 128 cm³/mol. The lowest BCUT2D eigenvalue weighted by molar-refractivity contribution is 0.0984. The van der Waals surface area contributed by atoms with Gasteiger partial charge in [-0.05, 0) is 47.9 Å². The Morgan fingerprint density at radius 3 is 2.85 bits per heavy atom. The number of anilines is 1. The number of nitrogens with one attached hydrogen (secondary N) is 1. The molecule has 0 fully saturated rings. The van der Waals surface area contributed by atoms with Gasteiger partial charge in [0.25, 0.3) is 11.5 Å². The standard InChI is InChI=1S/C24H18BrN5O3/c1-33-12-15-10-20-18(26-23(31)22-28-27-21(30(20)22)13-3-2-4-13)11-17(15)24(32)29-8-7-14-9-16(25)5-6-19(14)29/h2-6,9-11H,7-8,12H2,1H3,(H,26,31). The molecule has 2 aromatic heterocycles. The number of amides is 1. The molecule has 0 unspecified atom stereocenters. The Hall–Kier alpha value is -3.56. The van der Waals surface area contributed by atoms with Gasteiger partial charge in [0.15, 0.2) is 5.82 Å². The molecule has 1 N–H and O–H groups in total. The third-order valence-electron chi connectivity index (χ3n) is 6.10. The highest BCUT2D eigenvalue weighted by atomic mass is 79.9. The quantitative estimate of drug-likeness (QED) is 0.458. The number of rotatable bonds is 4. The van der Waals surface area contributed by atoms with Crippen molar-refractivity contribution in [3.8, 4) is 0 Å². The van der Waals surface area contributed by atoms with Crippen molar-refractivity contribution in [1.29, 1.82) is 0 Å². The van der Waals surface area contributed by atoms with Gasteiger partial charge in [-0.25, -0.2) is 0 Å². The number of hydrogen-bond acceptors (Lipinski definition) is 5. The van der Waals surface area contributed by atoms with E-state index in [9.17, 15) is 9.59 Å². The Kier molecular flexibility index (Phi) is 4.56. The molecule has 0 spiro atoms. The molecule has 0 bridgehead atoms. The number of aromatic amines is 1. The lowest BCUT2D eigenvalue weighted by Gasteiger charge is -2.20. The average molecular weight is 504 g/mol. The van der Waals surface area contributed by atoms with E-state index in [1.54, 1.807) is 22.5 Å². The van der Waals surface area contributed by atoms with Crippen LogP contribution in [0.5, 0.6) is 0 Å². The van der Waals surface area contributed by atoms with Gasteiger partial charge in [-0.3, -0.25) is 14.0 Å². The van der Waals surface area contributed by atoms with Gasteiger partial charge in [-0.15, -0.1) is 10.2 Å². The number of fused-ring (bicyclic) bond motifs is 4. The van der Waals surface area contributed by atoms with Gasteiger partial charge >= 0.3 is 0 Å². The summed E-state index contributed by atoms with van der Waals surface area (Å²) in [7, 11) is 1.60. The van der Waals surface area contributed by atoms with Crippen LogP contribution >= 0.6 is 15.9 Å². The normalized spacial score (nSPS) is 14.6. The summed E-state index contributed by atoms with van der Waals surface area (Å²) in [5.74, 6) is 0.463. The van der Waals surface area contributed by atoms with Crippen LogP contribution in [0.2, 0.25) is 0 Å². The minimum Gasteiger partial charge on any atom is -0.380 e. The van der Waals surface area contributed by atoms with Crippen LogP contribution in [0.1, 0.15) is 27.3 Å². The number of benzene rings is 2. The van der Waals surface area contributed by atoms with E-state index in [4.69, 9.17) is 4.74 Å². The minimum atomic E-state index is -0.362. The van der Waals surface area contributed by atoms with Gasteiger partial charge in [0.2, 0.25) is 5.65 Å². The predicted octanol–water partition coefficient (Wildman–Crippen LogP) is 3.64. The molecule has 4 aromatic rings. The number of aromatic nitrogens is 4. The van der Waals surface area contributed by atoms with E-state index in [1.807, 2.05) is 42.5 Å². The molecule has 6 rings (SSSR count). The SMILES string of the molecule is COCc1cc2c(cc1C(=O)N1CCc3cc(Br)ccc31)[nH]c(=O)c1nnc(C3=CC=C3)n12. The van der Waals surface area contributed by atoms with Crippen LogP contribution in [0.25, 0.3) is 22.3 Å². The molecule has 164 valence electrons. The molecular formula is C24H18BrN5O3. The van der Waals surface area contributed by atoms with Crippen molar-refractivity contribution < 1.29 is 9.53 Å². The summed E-state index contributed by atoms with van der Waals surface area (Å²) in [5.41, 5.74) is 5.23. The van der Waals surface area contributed by atoms with Crippen molar-refractivity contribution in [2.75, 3.05) is 18.6 Å². The lowest BCUT2D eigenvalue weighted by Crippen LogP contribution is -2.30. The molecule has 0 atom stereocenters. The molecule has 9 heteroatoms. The van der Waals surface area contributed by atoms with Crippen molar-refractivity contribution in [1.82, 2.24) is 19.6 Å². The smallest absolute Gasteiger partial charge is 0.294 e. The zero-order valence-electron chi connectivity index (χ0n) is 17.6. The van der Waals surface area contributed by atoms with Crippen molar-refractivity contribution >= 4 is 49.8 Å². The number of nitrogens with zero attached hydrogens (tertiary/aromatic N) is 4. The van der Waals surface area contributed by atoms with Crippen LogP contribution in [0.15, 0.2) is 57.8 Å². The first-order valence-corrected chi connectivity index (χ1v) is 11.3. The van der Waals surface area contributed by atoms with E-state index >= 15 is 0 Å². The summed E-state index contributed by atoms with van der Waals surface area (Å²) in [4.78, 5) is 31.1. The number of carbonyl (C=O) groups is 1. The van der Waals surface area contributed by atoms with Gasteiger partial charge in [-0.2, -0.15) is 0 Å². The third kappa shape index (κ3) is 3.07. The molecule has 3 heterocycles. The van der Waals surface area contributed by atoms with Gasteiger partial charge in [-0.1, -0.05) is 34.2 Å². The molecule has 1 aliphatic carbocycles. The number of allylic oxidation sites excluding steroid dienone is 4. The Morgan fingerprint density at radius 1 is 1.24 bits per heavy atom. The van der Waals surface area contributed by atoms with Crippen LogP contribution in [-0.2, 0) is 17.8 Å². The number of methoxy groups -OCH3 is 1. The number of ether oxygens (including phenoxy) is 1. The van der Waals surface area contributed by atoms with E-state index in [-0.39, 0.29) is 23.7 Å². The highest BCUT2D eigenvalue weighted by Gasteiger charge is 2.28. The van der Waals surface area contributed by atoms with Crippen LogP contribution in [0.4, 0.5) is 5.69 Å². The van der Waals surface area contributed by atoms with Crippen molar-refractivity contribution in [3.63, 3.8) is 0 Å². The van der Waals surface area contributed by atoms with E-state index in [0.29, 0.717) is 29.0 Å². The third-order valence-corrected chi connectivity index (χ3v) is 6.59. The molecule has 33 heavy (non-hydrogen) atoms. The van der Waals surface area contributed by atoms with E-state index < -0.39 is 0 Å². The van der Waals surface area contributed by atoms with Crippen molar-refractivity contribution in [2.24, 2.45) is 0 Å². The van der Waals surface area contributed by atoms with Crippen LogP contribution in [-0.4, -0.2) is 39.1 Å². The summed E-state index contributed by atoms with van der Waals surface area (Å²) in [6.07, 6.45) is 6.53. The van der Waals surface area contributed by atoms with Crippen LogP contribution in [0.3, 0.4) is 0 Å². The maximum atomic E-state index is 13.7. The Balaban J connectivity index is 1.54. The van der Waals surface area contributed by atoms with Crippen molar-refractivity contribution in [2.45, 2.75) is 13.0 Å². The first-order valence-electron chi connectivity index (χ1n) is 10.5. The van der Waals surface area contributed by atoms with Gasteiger partial charge in [0, 0.05) is 35.0 Å². The zero-order chi connectivity index (χ0) is 22.7. The lowest BCUT2D eigenvalue weighted by atomic mass is 10.0. The summed E-state index contributed by atoms with van der Waals surface area (Å²) in [6, 6.07) is 9.55. The van der Waals surface area contributed by atoms with E-state index in [1.165, 1.54) is 0 Å². The number of H-pyrrole nitrogens is 1. The maximum Gasteiger partial charge on any atom is 0.294 e. The number of halogens is 1. The Morgan fingerprint density at radius 2 is 2.09 bits per heavy atom. The van der Waals surface area contributed by atoms with E-state index in [0.717, 1.165) is 33.3 Å². The van der Waals surface area contributed by atoms with Gasteiger partial charge in [0.1, 0.15) is 0 Å². The fourth-order valence-corrected chi connectivity index (χ4v) is 4.89. The Bertz CT molecular complexity index is 1600. The highest BCUT2D eigenvalue weighted by molar-refractivity contribution is 9.10. The summed E-state index contributed by atoms with van der Waals surface area (Å²) in [5, 5.41) is 8.30. The average Bonchev–Trinajstić information content (AvgIpc) is 3.37. The molecule has 1 amide bonds. The molecule has 2 aromatic carbocycles. The Labute approximate surface area is 196 Å². The monoisotopic (exact) mass is 503 g/mol. The largest absolute Gasteiger partial charge is 0.380 e. The summed E-state index contributed by atoms with van der Waals surface area (Å²) >= 11 is 3.50. The maximum absolute atomic E-state index is 13.7. The van der Waals surface area contributed by atoms with Gasteiger partial charge in [0.05, 0.1) is 17.6 Å². The summed E-state index contributed by atoms with van der Waals surface area (Å²) < 4.78 is 8.16.